The summed E-state index contributed by atoms with van der Waals surface area (Å²) in [4.78, 5) is 11.4. The number of hydrogen-bond acceptors (Lipinski definition) is 3. The highest BCUT2D eigenvalue weighted by Crippen LogP contribution is 2.26. The van der Waals surface area contributed by atoms with Crippen molar-refractivity contribution in [1.82, 2.24) is 0 Å². The first-order valence-corrected chi connectivity index (χ1v) is 5.58. The van der Waals surface area contributed by atoms with Crippen LogP contribution in [-0.2, 0) is 9.53 Å². The van der Waals surface area contributed by atoms with Gasteiger partial charge < -0.3 is 9.47 Å². The molecule has 1 aromatic carbocycles. The highest BCUT2D eigenvalue weighted by atomic mass is 16.5. The zero-order chi connectivity index (χ0) is 12.8. The summed E-state index contributed by atoms with van der Waals surface area (Å²) < 4.78 is 10.2. The summed E-state index contributed by atoms with van der Waals surface area (Å²) in [6.45, 7) is 6.03. The topological polar surface area (TPSA) is 35.5 Å². The molecule has 0 radical (unpaired) electrons. The van der Waals surface area contributed by atoms with Gasteiger partial charge in [-0.1, -0.05) is 12.1 Å². The summed E-state index contributed by atoms with van der Waals surface area (Å²) in [5, 5.41) is 0. The summed E-state index contributed by atoms with van der Waals surface area (Å²) in [5.74, 6) is 0.440. The first kappa shape index (κ1) is 13.3. The van der Waals surface area contributed by atoms with Crippen LogP contribution >= 0.6 is 0 Å². The maximum Gasteiger partial charge on any atom is 0.331 e. The number of esters is 1. The normalized spacial score (nSPS) is 11.2. The third kappa shape index (κ3) is 3.63. The Morgan fingerprint density at radius 3 is 2.71 bits per heavy atom. The molecule has 1 rings (SSSR count). The largest absolute Gasteiger partial charge is 0.496 e. The number of ether oxygens (including phenoxy) is 2. The average molecular weight is 234 g/mol. The van der Waals surface area contributed by atoms with Crippen molar-refractivity contribution < 1.29 is 14.3 Å². The molecule has 0 aliphatic carbocycles. The Morgan fingerprint density at radius 2 is 2.12 bits per heavy atom. The molecular weight excluding hydrogens is 216 g/mol. The van der Waals surface area contributed by atoms with E-state index in [-0.39, 0.29) is 5.97 Å². The molecule has 0 aliphatic heterocycles. The lowest BCUT2D eigenvalue weighted by Crippen LogP contribution is -2.00. The SMILES string of the molecule is CCOC(=O)/C=C(/C)c1ccc(C)cc1OC. The van der Waals surface area contributed by atoms with Crippen LogP contribution in [0.4, 0.5) is 0 Å². The highest BCUT2D eigenvalue weighted by molar-refractivity contribution is 5.91. The van der Waals surface area contributed by atoms with E-state index in [1.807, 2.05) is 32.0 Å². The Balaban J connectivity index is 3.03. The number of carbonyl (C=O) groups excluding carboxylic acids is 1. The van der Waals surface area contributed by atoms with Crippen molar-refractivity contribution in [1.29, 1.82) is 0 Å². The average Bonchev–Trinajstić information content (AvgIpc) is 2.28. The molecule has 0 heterocycles. The molecule has 0 spiro atoms. The first-order valence-electron chi connectivity index (χ1n) is 5.58. The van der Waals surface area contributed by atoms with Gasteiger partial charge in [-0.15, -0.1) is 0 Å². The van der Waals surface area contributed by atoms with Crippen molar-refractivity contribution >= 4 is 11.5 Å². The van der Waals surface area contributed by atoms with Crippen LogP contribution < -0.4 is 4.74 Å². The number of benzene rings is 1. The molecule has 3 heteroatoms. The second-order valence-electron chi connectivity index (χ2n) is 3.78. The van der Waals surface area contributed by atoms with Crippen molar-refractivity contribution in [3.05, 3.63) is 35.4 Å². The summed E-state index contributed by atoms with van der Waals surface area (Å²) in [5.41, 5.74) is 2.86. The summed E-state index contributed by atoms with van der Waals surface area (Å²) in [7, 11) is 1.62. The van der Waals surface area contributed by atoms with Gasteiger partial charge in [0.25, 0.3) is 0 Å². The zero-order valence-corrected chi connectivity index (χ0v) is 10.7. The molecule has 3 nitrogen and oxygen atoms in total. The van der Waals surface area contributed by atoms with E-state index in [4.69, 9.17) is 9.47 Å². The molecule has 17 heavy (non-hydrogen) atoms. The maximum atomic E-state index is 11.4. The van der Waals surface area contributed by atoms with E-state index in [9.17, 15) is 4.79 Å². The number of carbonyl (C=O) groups is 1. The standard InChI is InChI=1S/C14H18O3/c1-5-17-14(15)9-11(3)12-7-6-10(2)8-13(12)16-4/h6-9H,5H2,1-4H3/b11-9-. The van der Waals surface area contributed by atoms with Crippen LogP contribution in [0, 0.1) is 6.92 Å². The molecular formula is C14H18O3. The minimum atomic E-state index is -0.326. The smallest absolute Gasteiger partial charge is 0.331 e. The Hall–Kier alpha value is -1.77. The van der Waals surface area contributed by atoms with E-state index < -0.39 is 0 Å². The first-order chi connectivity index (χ1) is 8.08. The highest BCUT2D eigenvalue weighted by Gasteiger charge is 2.07. The van der Waals surface area contributed by atoms with Crippen molar-refractivity contribution in [2.75, 3.05) is 13.7 Å². The quantitative estimate of drug-likeness (QED) is 0.593. The van der Waals surface area contributed by atoms with E-state index in [2.05, 4.69) is 0 Å². The van der Waals surface area contributed by atoms with Gasteiger partial charge in [0.2, 0.25) is 0 Å². The molecule has 0 N–H and O–H groups in total. The maximum absolute atomic E-state index is 11.4. The van der Waals surface area contributed by atoms with Gasteiger partial charge in [0.05, 0.1) is 13.7 Å². The molecule has 1 aromatic rings. The molecule has 0 aliphatic rings. The van der Waals surface area contributed by atoms with Crippen LogP contribution in [0.25, 0.3) is 5.57 Å². The fourth-order valence-electron chi connectivity index (χ4n) is 1.56. The van der Waals surface area contributed by atoms with Gasteiger partial charge in [0, 0.05) is 11.6 Å². The van der Waals surface area contributed by atoms with Crippen LogP contribution in [0.1, 0.15) is 25.0 Å². The van der Waals surface area contributed by atoms with Crippen molar-refractivity contribution in [2.45, 2.75) is 20.8 Å². The van der Waals surface area contributed by atoms with Gasteiger partial charge in [-0.05, 0) is 38.0 Å². The van der Waals surface area contributed by atoms with Crippen LogP contribution in [0.2, 0.25) is 0 Å². The van der Waals surface area contributed by atoms with Crippen molar-refractivity contribution in [3.63, 3.8) is 0 Å². The molecule has 92 valence electrons. The lowest BCUT2D eigenvalue weighted by molar-refractivity contribution is -0.137. The number of methoxy groups -OCH3 is 1. The summed E-state index contributed by atoms with van der Waals surface area (Å²) in [6, 6.07) is 5.87. The molecule has 0 saturated carbocycles. The number of allylic oxidation sites excluding steroid dienone is 1. The minimum Gasteiger partial charge on any atom is -0.496 e. The number of hydrogen-bond donors (Lipinski definition) is 0. The molecule has 0 bridgehead atoms. The summed E-state index contributed by atoms with van der Waals surface area (Å²) >= 11 is 0. The fraction of sp³-hybridized carbons (Fsp3) is 0.357. The fourth-order valence-corrected chi connectivity index (χ4v) is 1.56. The van der Waals surface area contributed by atoms with Crippen molar-refractivity contribution in [2.24, 2.45) is 0 Å². The van der Waals surface area contributed by atoms with Gasteiger partial charge in [-0.25, -0.2) is 4.79 Å². The molecule has 0 saturated heterocycles. The Kier molecular flexibility index (Phi) is 4.76. The lowest BCUT2D eigenvalue weighted by atomic mass is 10.0. The third-order valence-corrected chi connectivity index (χ3v) is 2.40. The predicted octanol–water partition coefficient (Wildman–Crippen LogP) is 2.97. The minimum absolute atomic E-state index is 0.326. The zero-order valence-electron chi connectivity index (χ0n) is 10.7. The number of aryl methyl sites for hydroxylation is 1. The Labute approximate surface area is 102 Å². The molecule has 0 unspecified atom stereocenters. The summed E-state index contributed by atoms with van der Waals surface area (Å²) in [6.07, 6.45) is 1.48. The molecule has 0 fully saturated rings. The van der Waals surface area contributed by atoms with Gasteiger partial charge >= 0.3 is 5.97 Å². The van der Waals surface area contributed by atoms with Gasteiger partial charge in [-0.2, -0.15) is 0 Å². The predicted molar refractivity (Wildman–Crippen MR) is 68.0 cm³/mol. The molecule has 0 atom stereocenters. The second-order valence-corrected chi connectivity index (χ2v) is 3.78. The lowest BCUT2D eigenvalue weighted by Gasteiger charge is -2.09. The van der Waals surface area contributed by atoms with Crippen LogP contribution in [0.5, 0.6) is 5.75 Å². The Morgan fingerprint density at radius 1 is 1.41 bits per heavy atom. The monoisotopic (exact) mass is 234 g/mol. The second kappa shape index (κ2) is 6.09. The Bertz CT molecular complexity index is 433. The van der Waals surface area contributed by atoms with Crippen molar-refractivity contribution in [3.8, 4) is 5.75 Å². The van der Waals surface area contributed by atoms with Crippen LogP contribution in [0.15, 0.2) is 24.3 Å². The van der Waals surface area contributed by atoms with E-state index in [1.54, 1.807) is 14.0 Å². The van der Waals surface area contributed by atoms with Gasteiger partial charge in [0.1, 0.15) is 5.75 Å². The third-order valence-electron chi connectivity index (χ3n) is 2.40. The van der Waals surface area contributed by atoms with E-state index in [0.717, 1.165) is 22.4 Å². The van der Waals surface area contributed by atoms with E-state index >= 15 is 0 Å². The van der Waals surface area contributed by atoms with Gasteiger partial charge in [0.15, 0.2) is 0 Å². The molecule has 0 amide bonds. The van der Waals surface area contributed by atoms with E-state index in [1.165, 1.54) is 6.08 Å². The van der Waals surface area contributed by atoms with Crippen LogP contribution in [-0.4, -0.2) is 19.7 Å². The van der Waals surface area contributed by atoms with Gasteiger partial charge in [-0.3, -0.25) is 0 Å². The van der Waals surface area contributed by atoms with E-state index in [0.29, 0.717) is 6.61 Å². The molecule has 0 aromatic heterocycles. The van der Waals surface area contributed by atoms with Crippen LogP contribution in [0.3, 0.4) is 0 Å². The number of rotatable bonds is 4.